The van der Waals surface area contributed by atoms with Crippen molar-refractivity contribution in [3.63, 3.8) is 0 Å². The molecule has 1 saturated heterocycles. The molecule has 3 unspecified atom stereocenters. The molecule has 1 heterocycles. The summed E-state index contributed by atoms with van der Waals surface area (Å²) in [4.78, 5) is 9.35. The van der Waals surface area contributed by atoms with Gasteiger partial charge < -0.3 is 15.3 Å². The third-order valence-electron chi connectivity index (χ3n) is 5.39. The number of aliphatic hydroxyl groups is 1. The maximum absolute atomic E-state index is 8.91. The van der Waals surface area contributed by atoms with Crippen LogP contribution in [0.25, 0.3) is 0 Å². The number of guanidine groups is 1. The normalized spacial score (nSPS) is 33.1. The lowest BCUT2D eigenvalue weighted by molar-refractivity contribution is 0.0957. The van der Waals surface area contributed by atoms with Gasteiger partial charge in [-0.2, -0.15) is 0 Å². The van der Waals surface area contributed by atoms with Crippen molar-refractivity contribution in [3.8, 4) is 0 Å². The summed E-state index contributed by atoms with van der Waals surface area (Å²) in [7, 11) is 1.82. The molecule has 3 aliphatic rings. The van der Waals surface area contributed by atoms with Gasteiger partial charge in [0.15, 0.2) is 5.96 Å². The first-order chi connectivity index (χ1) is 9.81. The summed E-state index contributed by atoms with van der Waals surface area (Å²) in [5.41, 5.74) is 0. The fourth-order valence-corrected chi connectivity index (χ4v) is 4.42. The molecule has 0 aromatic heterocycles. The number of halogens is 1. The Labute approximate surface area is 145 Å². The first-order valence-corrected chi connectivity index (χ1v) is 8.12. The Morgan fingerprint density at radius 3 is 2.48 bits per heavy atom. The minimum Gasteiger partial charge on any atom is -0.395 e. The van der Waals surface area contributed by atoms with Gasteiger partial charge in [-0.1, -0.05) is 6.42 Å². The maximum Gasteiger partial charge on any atom is 0.193 e. The monoisotopic (exact) mass is 408 g/mol. The molecule has 6 heteroatoms. The molecule has 2 saturated carbocycles. The molecule has 3 atom stereocenters. The van der Waals surface area contributed by atoms with Gasteiger partial charge in [-0.15, -0.1) is 24.0 Å². The Balaban J connectivity index is 0.00000161. The van der Waals surface area contributed by atoms with E-state index in [0.717, 1.165) is 50.0 Å². The zero-order valence-electron chi connectivity index (χ0n) is 13.0. The molecular formula is C15H29IN4O. The zero-order chi connectivity index (χ0) is 13.9. The van der Waals surface area contributed by atoms with Crippen LogP contribution in [0.1, 0.15) is 25.7 Å². The zero-order valence-corrected chi connectivity index (χ0v) is 15.3. The van der Waals surface area contributed by atoms with Gasteiger partial charge in [0.1, 0.15) is 0 Å². The highest BCUT2D eigenvalue weighted by molar-refractivity contribution is 14.0. The Bertz CT molecular complexity index is 358. The summed E-state index contributed by atoms with van der Waals surface area (Å²) in [5.74, 6) is 2.95. The van der Waals surface area contributed by atoms with Crippen LogP contribution in [-0.4, -0.2) is 73.3 Å². The molecule has 5 nitrogen and oxygen atoms in total. The number of hydrogen-bond donors (Lipinski definition) is 2. The quantitative estimate of drug-likeness (QED) is 0.416. The van der Waals surface area contributed by atoms with Gasteiger partial charge in [0.05, 0.1) is 6.61 Å². The Hall–Kier alpha value is -0.0800. The fraction of sp³-hybridized carbons (Fsp3) is 0.933. The van der Waals surface area contributed by atoms with Gasteiger partial charge in [-0.3, -0.25) is 9.89 Å². The second-order valence-corrected chi connectivity index (χ2v) is 6.46. The van der Waals surface area contributed by atoms with E-state index in [1.807, 2.05) is 7.05 Å². The molecule has 0 spiro atoms. The minimum absolute atomic E-state index is 0. The number of aliphatic hydroxyl groups excluding tert-OH is 1. The molecule has 122 valence electrons. The Morgan fingerprint density at radius 2 is 1.95 bits per heavy atom. The molecule has 0 aromatic rings. The minimum atomic E-state index is 0. The second-order valence-electron chi connectivity index (χ2n) is 6.46. The van der Waals surface area contributed by atoms with E-state index in [2.05, 4.69) is 20.1 Å². The summed E-state index contributed by atoms with van der Waals surface area (Å²) in [5, 5.41) is 12.1. The van der Waals surface area contributed by atoms with Crippen molar-refractivity contribution in [2.24, 2.45) is 16.8 Å². The van der Waals surface area contributed by atoms with Crippen molar-refractivity contribution in [2.45, 2.75) is 31.7 Å². The lowest BCUT2D eigenvalue weighted by Crippen LogP contribution is -2.55. The standard InChI is InChI=1S/C15H28N4O.HI/c1-16-15(17-4-9-20)19-7-5-18(6-8-19)14-11-12-2-3-13(14)10-12;/h12-14,20H,2-11H2,1H3,(H,16,17);1H. The highest BCUT2D eigenvalue weighted by Gasteiger charge is 2.42. The molecule has 21 heavy (non-hydrogen) atoms. The molecule has 0 radical (unpaired) electrons. The fourth-order valence-electron chi connectivity index (χ4n) is 4.42. The molecule has 3 rings (SSSR count). The highest BCUT2D eigenvalue weighted by Crippen LogP contribution is 2.46. The summed E-state index contributed by atoms with van der Waals surface area (Å²) in [6, 6.07) is 0.864. The van der Waals surface area contributed by atoms with Crippen molar-refractivity contribution in [1.29, 1.82) is 0 Å². The van der Waals surface area contributed by atoms with E-state index in [1.54, 1.807) is 0 Å². The molecule has 3 fully saturated rings. The molecule has 2 N–H and O–H groups in total. The van der Waals surface area contributed by atoms with Crippen LogP contribution in [0.4, 0.5) is 0 Å². The Kier molecular flexibility index (Phi) is 6.55. The van der Waals surface area contributed by atoms with Crippen molar-refractivity contribution in [1.82, 2.24) is 15.1 Å². The number of fused-ring (bicyclic) bond motifs is 2. The van der Waals surface area contributed by atoms with Crippen LogP contribution < -0.4 is 5.32 Å². The predicted molar refractivity (Wildman–Crippen MR) is 96.2 cm³/mol. The van der Waals surface area contributed by atoms with Crippen LogP contribution in [0.15, 0.2) is 4.99 Å². The smallest absolute Gasteiger partial charge is 0.193 e. The van der Waals surface area contributed by atoms with Gasteiger partial charge >= 0.3 is 0 Å². The van der Waals surface area contributed by atoms with Gasteiger partial charge in [-0.05, 0) is 31.1 Å². The molecule has 0 aromatic carbocycles. The lowest BCUT2D eigenvalue weighted by atomic mass is 9.93. The molecule has 1 aliphatic heterocycles. The van der Waals surface area contributed by atoms with Crippen LogP contribution in [0.3, 0.4) is 0 Å². The van der Waals surface area contributed by atoms with Gasteiger partial charge in [0, 0.05) is 45.8 Å². The van der Waals surface area contributed by atoms with Crippen LogP contribution in [0.2, 0.25) is 0 Å². The van der Waals surface area contributed by atoms with E-state index in [-0.39, 0.29) is 30.6 Å². The summed E-state index contributed by atoms with van der Waals surface area (Å²) < 4.78 is 0. The first-order valence-electron chi connectivity index (χ1n) is 8.12. The van der Waals surface area contributed by atoms with E-state index < -0.39 is 0 Å². The average Bonchev–Trinajstić information content (AvgIpc) is 3.11. The van der Waals surface area contributed by atoms with Crippen LogP contribution in [-0.2, 0) is 0 Å². The topological polar surface area (TPSA) is 51.1 Å². The van der Waals surface area contributed by atoms with Crippen molar-refractivity contribution in [3.05, 3.63) is 0 Å². The van der Waals surface area contributed by atoms with Crippen LogP contribution >= 0.6 is 24.0 Å². The molecule has 0 amide bonds. The number of hydrogen-bond acceptors (Lipinski definition) is 3. The molecule has 2 bridgehead atoms. The summed E-state index contributed by atoms with van der Waals surface area (Å²) >= 11 is 0. The largest absolute Gasteiger partial charge is 0.395 e. The summed E-state index contributed by atoms with van der Waals surface area (Å²) in [6.07, 6.45) is 5.89. The maximum atomic E-state index is 8.91. The SMILES string of the molecule is CN=C(NCCO)N1CCN(C2CC3CCC2C3)CC1.I. The van der Waals surface area contributed by atoms with E-state index in [0.29, 0.717) is 6.54 Å². The third kappa shape index (κ3) is 3.82. The van der Waals surface area contributed by atoms with Crippen molar-refractivity contribution in [2.75, 3.05) is 46.4 Å². The second kappa shape index (κ2) is 7.97. The van der Waals surface area contributed by atoms with E-state index in [4.69, 9.17) is 5.11 Å². The van der Waals surface area contributed by atoms with Crippen molar-refractivity contribution < 1.29 is 5.11 Å². The van der Waals surface area contributed by atoms with E-state index in [9.17, 15) is 0 Å². The average molecular weight is 408 g/mol. The molecular weight excluding hydrogens is 379 g/mol. The Morgan fingerprint density at radius 1 is 1.19 bits per heavy atom. The third-order valence-corrected chi connectivity index (χ3v) is 5.39. The van der Waals surface area contributed by atoms with Crippen LogP contribution in [0.5, 0.6) is 0 Å². The van der Waals surface area contributed by atoms with Crippen LogP contribution in [0, 0.1) is 11.8 Å². The number of aliphatic imine (C=N–C) groups is 1. The van der Waals surface area contributed by atoms with Gasteiger partial charge in [-0.25, -0.2) is 0 Å². The number of piperazine rings is 1. The molecule has 2 aliphatic carbocycles. The van der Waals surface area contributed by atoms with E-state index >= 15 is 0 Å². The number of rotatable bonds is 3. The lowest BCUT2D eigenvalue weighted by Gasteiger charge is -2.41. The number of nitrogens with zero attached hydrogens (tertiary/aromatic N) is 3. The first kappa shape index (κ1) is 17.3. The van der Waals surface area contributed by atoms with E-state index in [1.165, 1.54) is 25.7 Å². The van der Waals surface area contributed by atoms with Gasteiger partial charge in [0.25, 0.3) is 0 Å². The van der Waals surface area contributed by atoms with Gasteiger partial charge in [0.2, 0.25) is 0 Å². The number of nitrogens with one attached hydrogen (secondary N) is 1. The highest BCUT2D eigenvalue weighted by atomic mass is 127. The predicted octanol–water partition coefficient (Wildman–Crippen LogP) is 0.978. The van der Waals surface area contributed by atoms with Crippen molar-refractivity contribution >= 4 is 29.9 Å². The summed E-state index contributed by atoms with van der Waals surface area (Å²) in [6.45, 7) is 5.17.